The van der Waals surface area contributed by atoms with Gasteiger partial charge in [-0.3, -0.25) is 4.90 Å². The summed E-state index contributed by atoms with van der Waals surface area (Å²) < 4.78 is 11.9. The van der Waals surface area contributed by atoms with Gasteiger partial charge in [-0.25, -0.2) is 14.3 Å². The molecule has 0 radical (unpaired) electrons. The van der Waals surface area contributed by atoms with Crippen LogP contribution in [0.5, 0.6) is 0 Å². The molecule has 1 fully saturated rings. The standard InChI is InChI=1S/C15H20N4O3/c1-11-3-4-12(15(20)21-2)14-16-13(17-19(11)14)5-6-18-7-9-22-10-8-18/h3-4H,5-10H2,1-2H3. The molecule has 1 saturated heterocycles. The number of ether oxygens (including phenoxy) is 2. The Morgan fingerprint density at radius 1 is 1.36 bits per heavy atom. The lowest BCUT2D eigenvalue weighted by Gasteiger charge is -2.25. The fourth-order valence-electron chi connectivity index (χ4n) is 2.58. The molecule has 0 saturated carbocycles. The van der Waals surface area contributed by atoms with Crippen LogP contribution in [0.15, 0.2) is 12.1 Å². The number of fused-ring (bicyclic) bond motifs is 1. The largest absolute Gasteiger partial charge is 0.465 e. The van der Waals surface area contributed by atoms with Crippen molar-refractivity contribution in [3.63, 3.8) is 0 Å². The number of carbonyl (C=O) groups is 1. The fraction of sp³-hybridized carbons (Fsp3) is 0.533. The molecule has 2 aromatic rings. The van der Waals surface area contributed by atoms with Gasteiger partial charge in [0.15, 0.2) is 11.5 Å². The van der Waals surface area contributed by atoms with Crippen molar-refractivity contribution in [3.05, 3.63) is 29.2 Å². The van der Waals surface area contributed by atoms with Crippen LogP contribution < -0.4 is 0 Å². The molecule has 0 amide bonds. The molecule has 0 atom stereocenters. The van der Waals surface area contributed by atoms with Gasteiger partial charge in [0.2, 0.25) is 0 Å². The number of rotatable bonds is 4. The van der Waals surface area contributed by atoms with Crippen LogP contribution in [0.2, 0.25) is 0 Å². The molecule has 1 aliphatic rings. The third kappa shape index (κ3) is 2.95. The van der Waals surface area contributed by atoms with Gasteiger partial charge in [0, 0.05) is 31.7 Å². The second-order valence-electron chi connectivity index (χ2n) is 5.35. The van der Waals surface area contributed by atoms with E-state index in [4.69, 9.17) is 9.47 Å². The molecule has 1 aliphatic heterocycles. The van der Waals surface area contributed by atoms with Gasteiger partial charge in [0.25, 0.3) is 0 Å². The number of methoxy groups -OCH3 is 1. The van der Waals surface area contributed by atoms with Crippen molar-refractivity contribution in [2.24, 2.45) is 0 Å². The van der Waals surface area contributed by atoms with Crippen molar-refractivity contribution in [3.8, 4) is 0 Å². The smallest absolute Gasteiger partial charge is 0.341 e. The molecule has 118 valence electrons. The molecule has 3 heterocycles. The highest BCUT2D eigenvalue weighted by Gasteiger charge is 2.17. The summed E-state index contributed by atoms with van der Waals surface area (Å²) in [6.45, 7) is 6.29. The Labute approximate surface area is 128 Å². The molecule has 7 nitrogen and oxygen atoms in total. The first-order valence-corrected chi connectivity index (χ1v) is 7.42. The van der Waals surface area contributed by atoms with Crippen molar-refractivity contribution in [1.82, 2.24) is 19.5 Å². The van der Waals surface area contributed by atoms with E-state index < -0.39 is 5.97 Å². The van der Waals surface area contributed by atoms with E-state index in [1.807, 2.05) is 13.0 Å². The lowest BCUT2D eigenvalue weighted by atomic mass is 10.2. The highest BCUT2D eigenvalue weighted by Crippen LogP contribution is 2.13. The summed E-state index contributed by atoms with van der Waals surface area (Å²) in [6, 6.07) is 3.58. The number of hydrogen-bond acceptors (Lipinski definition) is 6. The summed E-state index contributed by atoms with van der Waals surface area (Å²) in [6.07, 6.45) is 0.752. The van der Waals surface area contributed by atoms with E-state index in [1.165, 1.54) is 7.11 Å². The lowest BCUT2D eigenvalue weighted by Crippen LogP contribution is -2.37. The van der Waals surface area contributed by atoms with E-state index in [0.717, 1.165) is 50.8 Å². The maximum absolute atomic E-state index is 11.8. The van der Waals surface area contributed by atoms with E-state index in [1.54, 1.807) is 10.6 Å². The minimum Gasteiger partial charge on any atom is -0.465 e. The minimum atomic E-state index is -0.392. The molecule has 3 rings (SSSR count). The summed E-state index contributed by atoms with van der Waals surface area (Å²) in [7, 11) is 1.37. The second kappa shape index (κ2) is 6.41. The van der Waals surface area contributed by atoms with Crippen LogP contribution in [0.4, 0.5) is 0 Å². The quantitative estimate of drug-likeness (QED) is 0.775. The first kappa shape index (κ1) is 14.9. The van der Waals surface area contributed by atoms with Gasteiger partial charge in [-0.15, -0.1) is 0 Å². The van der Waals surface area contributed by atoms with E-state index in [9.17, 15) is 4.79 Å². The molecular weight excluding hydrogens is 284 g/mol. The van der Waals surface area contributed by atoms with E-state index >= 15 is 0 Å². The Balaban J connectivity index is 1.82. The van der Waals surface area contributed by atoms with Gasteiger partial charge in [0.1, 0.15) is 5.56 Å². The van der Waals surface area contributed by atoms with Crippen LogP contribution in [0.3, 0.4) is 0 Å². The molecular formula is C15H20N4O3. The SMILES string of the molecule is COC(=O)c1ccc(C)n2nc(CCN3CCOCC3)nc12. The van der Waals surface area contributed by atoms with Gasteiger partial charge < -0.3 is 9.47 Å². The number of esters is 1. The van der Waals surface area contributed by atoms with Crippen molar-refractivity contribution in [2.45, 2.75) is 13.3 Å². The van der Waals surface area contributed by atoms with Crippen LogP contribution >= 0.6 is 0 Å². The highest BCUT2D eigenvalue weighted by molar-refractivity contribution is 5.95. The predicted molar refractivity (Wildman–Crippen MR) is 80.0 cm³/mol. The maximum Gasteiger partial charge on any atom is 0.341 e. The number of hydrogen-bond donors (Lipinski definition) is 0. The first-order chi connectivity index (χ1) is 10.7. The summed E-state index contributed by atoms with van der Waals surface area (Å²) in [4.78, 5) is 18.7. The van der Waals surface area contributed by atoms with Gasteiger partial charge in [0.05, 0.1) is 20.3 Å². The molecule has 0 spiro atoms. The Hall–Kier alpha value is -1.99. The molecule has 0 unspecified atom stereocenters. The summed E-state index contributed by atoms with van der Waals surface area (Å²) in [5.74, 6) is 0.350. The number of carbonyl (C=O) groups excluding carboxylic acids is 1. The van der Waals surface area contributed by atoms with Crippen molar-refractivity contribution in [1.29, 1.82) is 0 Å². The average molecular weight is 304 g/mol. The third-order valence-electron chi connectivity index (χ3n) is 3.88. The van der Waals surface area contributed by atoms with Gasteiger partial charge >= 0.3 is 5.97 Å². The summed E-state index contributed by atoms with van der Waals surface area (Å²) >= 11 is 0. The van der Waals surface area contributed by atoms with E-state index in [2.05, 4.69) is 15.0 Å². The third-order valence-corrected chi connectivity index (χ3v) is 3.88. The van der Waals surface area contributed by atoms with Crippen LogP contribution in [-0.4, -0.2) is 65.4 Å². The molecule has 2 aromatic heterocycles. The number of morpholine rings is 1. The minimum absolute atomic E-state index is 0.392. The molecule has 0 N–H and O–H groups in total. The van der Waals surface area contributed by atoms with Crippen LogP contribution in [0.1, 0.15) is 21.9 Å². The molecule has 0 aliphatic carbocycles. The zero-order chi connectivity index (χ0) is 15.5. The van der Waals surface area contributed by atoms with Crippen molar-refractivity contribution < 1.29 is 14.3 Å². The predicted octanol–water partition coefficient (Wildman–Crippen LogP) is 0.699. The number of pyridine rings is 1. The summed E-state index contributed by atoms with van der Waals surface area (Å²) in [5, 5.41) is 4.51. The molecule has 0 aromatic carbocycles. The first-order valence-electron chi connectivity index (χ1n) is 7.42. The van der Waals surface area contributed by atoms with Crippen molar-refractivity contribution in [2.75, 3.05) is 40.0 Å². The van der Waals surface area contributed by atoms with Crippen LogP contribution in [0, 0.1) is 6.92 Å². The Kier molecular flexibility index (Phi) is 4.35. The van der Waals surface area contributed by atoms with E-state index in [-0.39, 0.29) is 0 Å². The monoisotopic (exact) mass is 304 g/mol. The Morgan fingerprint density at radius 2 is 2.14 bits per heavy atom. The number of aromatic nitrogens is 3. The lowest BCUT2D eigenvalue weighted by molar-refractivity contribution is 0.0382. The fourth-order valence-corrected chi connectivity index (χ4v) is 2.58. The molecule has 0 bridgehead atoms. The summed E-state index contributed by atoms with van der Waals surface area (Å²) in [5.41, 5.74) is 1.94. The van der Waals surface area contributed by atoms with Gasteiger partial charge in [-0.05, 0) is 19.1 Å². The Bertz CT molecular complexity index is 677. The zero-order valence-corrected chi connectivity index (χ0v) is 12.9. The topological polar surface area (TPSA) is 69.0 Å². The second-order valence-corrected chi connectivity index (χ2v) is 5.35. The molecule has 22 heavy (non-hydrogen) atoms. The zero-order valence-electron chi connectivity index (χ0n) is 12.9. The van der Waals surface area contributed by atoms with Gasteiger partial charge in [-0.1, -0.05) is 0 Å². The Morgan fingerprint density at radius 3 is 2.86 bits per heavy atom. The number of nitrogens with zero attached hydrogens (tertiary/aromatic N) is 4. The normalized spacial score (nSPS) is 16.1. The van der Waals surface area contributed by atoms with Crippen LogP contribution in [0.25, 0.3) is 5.65 Å². The maximum atomic E-state index is 11.8. The van der Waals surface area contributed by atoms with Crippen molar-refractivity contribution >= 4 is 11.6 Å². The van der Waals surface area contributed by atoms with Gasteiger partial charge in [-0.2, -0.15) is 5.10 Å². The average Bonchev–Trinajstić information content (AvgIpc) is 2.98. The van der Waals surface area contributed by atoms with E-state index in [0.29, 0.717) is 11.2 Å². The van der Waals surface area contributed by atoms with Crippen LogP contribution in [-0.2, 0) is 15.9 Å². The molecule has 7 heteroatoms. The highest BCUT2D eigenvalue weighted by atomic mass is 16.5. The number of aryl methyl sites for hydroxylation is 1.